The smallest absolute Gasteiger partial charge is 0.318 e. The molecule has 1 rings (SSSR count). The summed E-state index contributed by atoms with van der Waals surface area (Å²) in [5.74, 6) is 0. The molecule has 0 saturated carbocycles. The Morgan fingerprint density at radius 3 is 2.59 bits per heavy atom. The molecule has 0 radical (unpaired) electrons. The summed E-state index contributed by atoms with van der Waals surface area (Å²) in [5.41, 5.74) is 0. The second-order valence-corrected chi connectivity index (χ2v) is 4.57. The second-order valence-electron chi connectivity index (χ2n) is 3.46. The largest absolute Gasteiger partial charge is 0.427 e. The summed E-state index contributed by atoms with van der Waals surface area (Å²) in [5, 5.41) is 3.47. The van der Waals surface area contributed by atoms with Gasteiger partial charge in [-0.1, -0.05) is 0 Å². The molecule has 0 atom stereocenters. The lowest BCUT2D eigenvalue weighted by Gasteiger charge is -2.14. The molecule has 1 aromatic rings. The van der Waals surface area contributed by atoms with Crippen molar-refractivity contribution in [1.29, 1.82) is 0 Å². The van der Waals surface area contributed by atoms with Crippen LogP contribution in [0.25, 0.3) is 0 Å². The van der Waals surface area contributed by atoms with E-state index >= 15 is 0 Å². The molecule has 17 heavy (non-hydrogen) atoms. The Morgan fingerprint density at radius 2 is 2.12 bits per heavy atom. The van der Waals surface area contributed by atoms with Crippen molar-refractivity contribution < 1.29 is 13.2 Å². The third-order valence-electron chi connectivity index (χ3n) is 1.98. The molecule has 8 heteroatoms. The molecule has 0 aliphatic rings. The fourth-order valence-corrected chi connectivity index (χ4v) is 1.99. The highest BCUT2D eigenvalue weighted by Crippen LogP contribution is 2.33. The molecule has 0 aliphatic carbocycles. The molecule has 0 saturated heterocycles. The van der Waals surface area contributed by atoms with Gasteiger partial charge in [-0.05, 0) is 14.1 Å². The Hall–Kier alpha value is -0.370. The zero-order chi connectivity index (χ0) is 12.2. The average molecular weight is 290 g/mol. The summed E-state index contributed by atoms with van der Waals surface area (Å²) in [4.78, 5) is 5.06. The third-order valence-corrected chi connectivity index (χ3v) is 3.01. The lowest BCUT2D eigenvalue weighted by Crippen LogP contribution is -2.26. The number of alkyl halides is 3. The topological polar surface area (TPSA) is 28.2 Å². The van der Waals surface area contributed by atoms with Crippen LogP contribution in [0.1, 0.15) is 9.88 Å². The minimum Gasteiger partial charge on any atom is -0.318 e. The van der Waals surface area contributed by atoms with E-state index in [-0.39, 0.29) is 12.4 Å². The van der Waals surface area contributed by atoms with Crippen LogP contribution in [0.3, 0.4) is 0 Å². The first-order valence-electron chi connectivity index (χ1n) is 4.78. The van der Waals surface area contributed by atoms with Crippen LogP contribution in [-0.2, 0) is 12.7 Å². The number of halogens is 4. The minimum atomic E-state index is -4.28. The highest BCUT2D eigenvalue weighted by molar-refractivity contribution is 7.11. The van der Waals surface area contributed by atoms with Gasteiger partial charge in [0.1, 0.15) is 9.88 Å². The number of hydrogen-bond acceptors (Lipinski definition) is 4. The Balaban J connectivity index is 0.00000256. The SMILES string of the molecule is CNCCN(C)Cc1ncc(C(F)(F)F)s1.Cl. The first-order chi connectivity index (χ1) is 7.43. The van der Waals surface area contributed by atoms with E-state index in [0.29, 0.717) is 22.9 Å². The van der Waals surface area contributed by atoms with Crippen molar-refractivity contribution in [3.63, 3.8) is 0 Å². The zero-order valence-electron chi connectivity index (χ0n) is 9.54. The summed E-state index contributed by atoms with van der Waals surface area (Å²) in [7, 11) is 3.69. The van der Waals surface area contributed by atoms with Gasteiger partial charge in [-0.2, -0.15) is 13.2 Å². The predicted molar refractivity (Wildman–Crippen MR) is 64.6 cm³/mol. The molecule has 0 spiro atoms. The highest BCUT2D eigenvalue weighted by atomic mass is 35.5. The molecule has 0 bridgehead atoms. The monoisotopic (exact) mass is 289 g/mol. The minimum absolute atomic E-state index is 0. The zero-order valence-corrected chi connectivity index (χ0v) is 11.2. The van der Waals surface area contributed by atoms with Crippen molar-refractivity contribution in [2.24, 2.45) is 0 Å². The quantitative estimate of drug-likeness (QED) is 0.901. The van der Waals surface area contributed by atoms with Crippen molar-refractivity contribution >= 4 is 23.7 Å². The molecule has 1 aromatic heterocycles. The van der Waals surface area contributed by atoms with E-state index in [4.69, 9.17) is 0 Å². The van der Waals surface area contributed by atoms with E-state index in [1.807, 2.05) is 19.0 Å². The molecule has 1 N–H and O–H groups in total. The molecule has 100 valence electrons. The van der Waals surface area contributed by atoms with Gasteiger partial charge >= 0.3 is 6.18 Å². The van der Waals surface area contributed by atoms with Gasteiger partial charge in [0.15, 0.2) is 0 Å². The van der Waals surface area contributed by atoms with Crippen LogP contribution in [0, 0.1) is 0 Å². The third kappa shape index (κ3) is 5.67. The van der Waals surface area contributed by atoms with Gasteiger partial charge in [0.25, 0.3) is 0 Å². The lowest BCUT2D eigenvalue weighted by molar-refractivity contribution is -0.134. The van der Waals surface area contributed by atoms with Gasteiger partial charge in [-0.15, -0.1) is 23.7 Å². The van der Waals surface area contributed by atoms with E-state index in [9.17, 15) is 13.2 Å². The van der Waals surface area contributed by atoms with Crippen LogP contribution in [0.5, 0.6) is 0 Å². The normalized spacial score (nSPS) is 11.6. The molecular weight excluding hydrogens is 275 g/mol. The molecule has 0 fully saturated rings. The van der Waals surface area contributed by atoms with Crippen LogP contribution in [0.15, 0.2) is 6.20 Å². The maximum absolute atomic E-state index is 12.3. The van der Waals surface area contributed by atoms with E-state index < -0.39 is 11.1 Å². The van der Waals surface area contributed by atoms with Crippen LogP contribution < -0.4 is 5.32 Å². The summed E-state index contributed by atoms with van der Waals surface area (Å²) in [6, 6.07) is 0. The van der Waals surface area contributed by atoms with Gasteiger partial charge in [0, 0.05) is 13.1 Å². The van der Waals surface area contributed by atoms with Crippen LogP contribution in [0.4, 0.5) is 13.2 Å². The van der Waals surface area contributed by atoms with E-state index in [1.54, 1.807) is 0 Å². The Kier molecular flexibility index (Phi) is 6.99. The highest BCUT2D eigenvalue weighted by Gasteiger charge is 2.33. The average Bonchev–Trinajstić information content (AvgIpc) is 2.62. The maximum atomic E-state index is 12.3. The number of hydrogen-bond donors (Lipinski definition) is 1. The number of thiazole rings is 1. The molecule has 3 nitrogen and oxygen atoms in total. The first kappa shape index (κ1) is 16.6. The van der Waals surface area contributed by atoms with Crippen LogP contribution in [0.2, 0.25) is 0 Å². The standard InChI is InChI=1S/C9H14F3N3S.ClH/c1-13-3-4-15(2)6-8-14-5-7(16-8)9(10,11)12;/h5,13H,3-4,6H2,1-2H3;1H. The number of nitrogens with zero attached hydrogens (tertiary/aromatic N) is 2. The lowest BCUT2D eigenvalue weighted by atomic mass is 10.5. The summed E-state index contributed by atoms with van der Waals surface area (Å²) >= 11 is 0.703. The number of likely N-dealkylation sites (N-methyl/N-ethyl adjacent to an activating group) is 2. The Bertz CT molecular complexity index is 330. The molecule has 0 aliphatic heterocycles. The van der Waals surface area contributed by atoms with Crippen LogP contribution in [-0.4, -0.2) is 37.1 Å². The molecule has 0 amide bonds. The van der Waals surface area contributed by atoms with E-state index in [1.165, 1.54) is 0 Å². The van der Waals surface area contributed by atoms with Crippen molar-refractivity contribution in [2.45, 2.75) is 12.7 Å². The van der Waals surface area contributed by atoms with Crippen molar-refractivity contribution in [2.75, 3.05) is 27.2 Å². The summed E-state index contributed by atoms with van der Waals surface area (Å²) in [6.45, 7) is 2.02. The van der Waals surface area contributed by atoms with Crippen LogP contribution >= 0.6 is 23.7 Å². The number of nitrogens with one attached hydrogen (secondary N) is 1. The van der Waals surface area contributed by atoms with E-state index in [2.05, 4.69) is 10.3 Å². The fraction of sp³-hybridized carbons (Fsp3) is 0.667. The Morgan fingerprint density at radius 1 is 1.47 bits per heavy atom. The number of rotatable bonds is 5. The van der Waals surface area contributed by atoms with Crippen molar-refractivity contribution in [1.82, 2.24) is 15.2 Å². The van der Waals surface area contributed by atoms with Gasteiger partial charge in [-0.3, -0.25) is 4.90 Å². The first-order valence-corrected chi connectivity index (χ1v) is 5.60. The molecule has 0 aromatic carbocycles. The number of aromatic nitrogens is 1. The predicted octanol–water partition coefficient (Wildman–Crippen LogP) is 2.23. The molecule has 1 heterocycles. The fourth-order valence-electron chi connectivity index (χ4n) is 1.13. The Labute approximate surface area is 108 Å². The summed E-state index contributed by atoms with van der Waals surface area (Å²) < 4.78 is 36.9. The summed E-state index contributed by atoms with van der Waals surface area (Å²) in [6.07, 6.45) is -3.38. The van der Waals surface area contributed by atoms with Gasteiger partial charge in [0.05, 0.1) is 12.7 Å². The molecule has 0 unspecified atom stereocenters. The van der Waals surface area contributed by atoms with Crippen molar-refractivity contribution in [3.8, 4) is 0 Å². The van der Waals surface area contributed by atoms with E-state index in [0.717, 1.165) is 19.3 Å². The van der Waals surface area contributed by atoms with Gasteiger partial charge in [0.2, 0.25) is 0 Å². The van der Waals surface area contributed by atoms with Gasteiger partial charge < -0.3 is 5.32 Å². The molecular formula is C9H15ClF3N3S. The van der Waals surface area contributed by atoms with Gasteiger partial charge in [-0.25, -0.2) is 4.98 Å². The second kappa shape index (κ2) is 7.15. The van der Waals surface area contributed by atoms with Crippen molar-refractivity contribution in [3.05, 3.63) is 16.1 Å². The maximum Gasteiger partial charge on any atom is 0.427 e.